The van der Waals surface area contributed by atoms with E-state index < -0.39 is 29.0 Å². The van der Waals surface area contributed by atoms with Crippen molar-refractivity contribution in [3.05, 3.63) is 45.6 Å². The first-order valence-corrected chi connectivity index (χ1v) is 11.0. The minimum atomic E-state index is -4.67. The minimum absolute atomic E-state index is 0.00649. The molecule has 1 fully saturated rings. The van der Waals surface area contributed by atoms with Crippen LogP contribution in [0.25, 0.3) is 0 Å². The number of hydrogen-bond donors (Lipinski definition) is 1. The Labute approximate surface area is 206 Å². The van der Waals surface area contributed by atoms with E-state index in [1.807, 2.05) is 5.10 Å². The van der Waals surface area contributed by atoms with Crippen LogP contribution in [0.4, 0.5) is 32.3 Å². The second kappa shape index (κ2) is 11.7. The van der Waals surface area contributed by atoms with E-state index in [4.69, 9.17) is 4.74 Å². The fraction of sp³-hybridized carbons (Fsp3) is 0.524. The third kappa shape index (κ3) is 7.96. The van der Waals surface area contributed by atoms with Gasteiger partial charge >= 0.3 is 12.4 Å². The van der Waals surface area contributed by atoms with Gasteiger partial charge in [0.2, 0.25) is 11.9 Å². The number of H-pyrrole nitrogens is 1. The number of piperazine rings is 1. The monoisotopic (exact) mass is 536 g/mol. The predicted molar refractivity (Wildman–Crippen MR) is 117 cm³/mol. The largest absolute Gasteiger partial charge is 0.421 e. The molecule has 0 saturated carbocycles. The maximum absolute atomic E-state index is 12.5. The van der Waals surface area contributed by atoms with Gasteiger partial charge in [-0.15, -0.1) is 0 Å². The molecule has 0 radical (unpaired) electrons. The van der Waals surface area contributed by atoms with Crippen LogP contribution in [0, 0.1) is 0 Å². The number of rotatable bonds is 3. The predicted octanol–water partition coefficient (Wildman–Crippen LogP) is 1.57. The third-order valence-electron chi connectivity index (χ3n) is 5.47. The minimum Gasteiger partial charge on any atom is -0.365 e. The molecule has 4 heterocycles. The van der Waals surface area contributed by atoms with E-state index in [0.29, 0.717) is 45.9 Å². The number of carbonyl (C=O) groups is 1. The fourth-order valence-electron chi connectivity index (χ4n) is 3.46. The van der Waals surface area contributed by atoms with E-state index in [2.05, 4.69) is 15.1 Å². The summed E-state index contributed by atoms with van der Waals surface area (Å²) >= 11 is 0. The molecule has 0 unspecified atom stereocenters. The highest BCUT2D eigenvalue weighted by Gasteiger charge is 2.35. The highest BCUT2D eigenvalue weighted by molar-refractivity contribution is 5.73. The highest BCUT2D eigenvalue weighted by Crippen LogP contribution is 2.28. The molecule has 2 aliphatic heterocycles. The van der Waals surface area contributed by atoms with Crippen LogP contribution < -0.4 is 10.5 Å². The lowest BCUT2D eigenvalue weighted by Gasteiger charge is -2.34. The Bertz CT molecular complexity index is 1160. The number of alkyl halides is 6. The molecule has 4 rings (SSSR count). The number of hydrogen-bond acceptors (Lipinski definition) is 7. The standard InChI is InChI=1S/C11H13F3N4O.C10H10F3N3O2/c1-8(19)17-2-4-18(5-3-17)10-15-6-9(7-16-10)11(12,13)14;11-10(12,13)8-5-7(14-15-9(8)17)6-16-1-3-18-4-2-16/h6-7H,2-5H2,1H3;1,5H,2-4,6H2/p+1. The molecule has 2 aliphatic rings. The number of aromatic nitrogens is 4. The lowest BCUT2D eigenvalue weighted by atomic mass is 10.2. The molecule has 0 aliphatic carbocycles. The average Bonchev–Trinajstić information content (AvgIpc) is 2.85. The summed E-state index contributed by atoms with van der Waals surface area (Å²) in [4.78, 5) is 33.1. The van der Waals surface area contributed by atoms with Gasteiger partial charge in [0.25, 0.3) is 5.56 Å². The van der Waals surface area contributed by atoms with Crippen molar-refractivity contribution in [1.82, 2.24) is 25.1 Å². The van der Waals surface area contributed by atoms with Gasteiger partial charge in [-0.2, -0.15) is 31.4 Å². The van der Waals surface area contributed by atoms with Gasteiger partial charge in [-0.25, -0.2) is 19.6 Å². The van der Waals surface area contributed by atoms with E-state index in [1.54, 1.807) is 20.6 Å². The molecule has 1 amide bonds. The molecule has 0 spiro atoms. The quantitative estimate of drug-likeness (QED) is 0.469. The van der Waals surface area contributed by atoms with Crippen LogP contribution in [0.2, 0.25) is 0 Å². The molecule has 10 nitrogen and oxygen atoms in total. The summed E-state index contributed by atoms with van der Waals surface area (Å²) in [6.45, 7) is 5.33. The lowest BCUT2D eigenvalue weighted by Crippen LogP contribution is -2.48. The number of carbonyl (C=O) groups excluding carboxylic acids is 1. The molecule has 2 aromatic rings. The summed E-state index contributed by atoms with van der Waals surface area (Å²) in [5.74, 6) is 0.254. The molecule has 1 N–H and O–H groups in total. The maximum atomic E-state index is 12.5. The van der Waals surface area contributed by atoms with Gasteiger partial charge < -0.3 is 14.5 Å². The zero-order chi connectivity index (χ0) is 27.2. The van der Waals surface area contributed by atoms with E-state index in [0.717, 1.165) is 18.5 Å². The van der Waals surface area contributed by atoms with E-state index >= 15 is 0 Å². The summed E-state index contributed by atoms with van der Waals surface area (Å²) in [5.41, 5.74) is -3.14. The zero-order valence-corrected chi connectivity index (χ0v) is 19.6. The molecule has 0 bridgehead atoms. The van der Waals surface area contributed by atoms with Crippen molar-refractivity contribution < 1.29 is 40.4 Å². The highest BCUT2D eigenvalue weighted by atomic mass is 19.4. The van der Waals surface area contributed by atoms with Crippen LogP contribution in [0.5, 0.6) is 0 Å². The van der Waals surface area contributed by atoms with Gasteiger partial charge in [0.1, 0.15) is 24.5 Å². The number of amides is 1. The van der Waals surface area contributed by atoms with Crippen molar-refractivity contribution in [3.8, 4) is 0 Å². The van der Waals surface area contributed by atoms with Gasteiger partial charge in [-0.1, -0.05) is 0 Å². The summed E-state index contributed by atoms with van der Waals surface area (Å²) in [5, 5.41) is 5.47. The summed E-state index contributed by atoms with van der Waals surface area (Å²) < 4.78 is 81.5. The number of halogens is 6. The SMILES string of the molecule is CC(=O)N1CCN(c2ncc(C(F)(F)F)cn2)CC1.O=c1[nH]nc(C[N+]2=CCOCC2)cc1C(F)(F)F. The van der Waals surface area contributed by atoms with E-state index in [1.165, 1.54) is 6.92 Å². The number of nitrogens with one attached hydrogen (secondary N) is 1. The molecule has 202 valence electrons. The molecule has 16 heteroatoms. The lowest BCUT2D eigenvalue weighted by molar-refractivity contribution is -0.550. The normalized spacial score (nSPS) is 16.6. The molecule has 1 saturated heterocycles. The number of aromatic amines is 1. The van der Waals surface area contributed by atoms with Crippen molar-refractivity contribution in [3.63, 3.8) is 0 Å². The molecule has 37 heavy (non-hydrogen) atoms. The Balaban J connectivity index is 0.000000206. The summed E-state index contributed by atoms with van der Waals surface area (Å²) in [7, 11) is 0. The Morgan fingerprint density at radius 2 is 1.73 bits per heavy atom. The second-order valence-electron chi connectivity index (χ2n) is 8.09. The molecule has 0 aromatic carbocycles. The topological polar surface area (TPSA) is 107 Å². The van der Waals surface area contributed by atoms with Crippen LogP contribution in [0.3, 0.4) is 0 Å². The fourth-order valence-corrected chi connectivity index (χ4v) is 3.46. The Morgan fingerprint density at radius 3 is 2.24 bits per heavy atom. The summed E-state index contributed by atoms with van der Waals surface area (Å²) in [6.07, 6.45) is -5.80. The van der Waals surface area contributed by atoms with Crippen LogP contribution in [-0.2, 0) is 28.4 Å². The average molecular weight is 536 g/mol. The van der Waals surface area contributed by atoms with Crippen LogP contribution in [-0.4, -0.2) is 87.7 Å². The van der Waals surface area contributed by atoms with Crippen molar-refractivity contribution in [2.24, 2.45) is 0 Å². The Kier molecular flexibility index (Phi) is 8.83. The van der Waals surface area contributed by atoms with Crippen LogP contribution in [0.15, 0.2) is 23.3 Å². The van der Waals surface area contributed by atoms with Gasteiger partial charge in [-0.3, -0.25) is 9.59 Å². The van der Waals surface area contributed by atoms with Crippen LogP contribution >= 0.6 is 0 Å². The van der Waals surface area contributed by atoms with Gasteiger partial charge in [0.05, 0.1) is 5.56 Å². The number of ether oxygens (including phenoxy) is 1. The summed E-state index contributed by atoms with van der Waals surface area (Å²) in [6, 6.07) is 0.780. The third-order valence-corrected chi connectivity index (χ3v) is 5.47. The Hall–Kier alpha value is -3.56. The second-order valence-corrected chi connectivity index (χ2v) is 8.09. The van der Waals surface area contributed by atoms with Crippen molar-refractivity contribution >= 4 is 18.1 Å². The van der Waals surface area contributed by atoms with Crippen LogP contribution in [0.1, 0.15) is 23.7 Å². The van der Waals surface area contributed by atoms with Crippen molar-refractivity contribution in [2.45, 2.75) is 25.8 Å². The molecular weight excluding hydrogens is 512 g/mol. The zero-order valence-electron chi connectivity index (χ0n) is 19.6. The maximum Gasteiger partial charge on any atom is 0.421 e. The van der Waals surface area contributed by atoms with E-state index in [9.17, 15) is 35.9 Å². The smallest absolute Gasteiger partial charge is 0.365 e. The van der Waals surface area contributed by atoms with Gasteiger partial charge in [-0.05, 0) is 6.07 Å². The van der Waals surface area contributed by atoms with Crippen molar-refractivity contribution in [1.29, 1.82) is 0 Å². The molecular formula is C21H24F6N7O3+. The first kappa shape index (κ1) is 28.0. The van der Waals surface area contributed by atoms with E-state index in [-0.39, 0.29) is 24.1 Å². The first-order valence-electron chi connectivity index (χ1n) is 11.0. The van der Waals surface area contributed by atoms with Crippen molar-refractivity contribution in [2.75, 3.05) is 50.8 Å². The molecule has 0 atom stereocenters. The molecule has 2 aromatic heterocycles. The van der Waals surface area contributed by atoms with Gasteiger partial charge in [0, 0.05) is 45.5 Å². The van der Waals surface area contributed by atoms with Gasteiger partial charge in [0.15, 0.2) is 19.3 Å². The number of anilines is 1. The number of nitrogens with zero attached hydrogens (tertiary/aromatic N) is 6. The first-order chi connectivity index (χ1) is 17.3. The Morgan fingerprint density at radius 1 is 1.08 bits per heavy atom.